The Kier molecular flexibility index (Phi) is 4.53. The van der Waals surface area contributed by atoms with Crippen molar-refractivity contribution in [1.82, 2.24) is 5.32 Å². The molecule has 0 aromatic heterocycles. The van der Waals surface area contributed by atoms with Crippen LogP contribution in [0.15, 0.2) is 17.0 Å². The van der Waals surface area contributed by atoms with E-state index in [9.17, 15) is 22.0 Å². The molecule has 1 saturated carbocycles. The Hall–Kier alpha value is -1.21. The Morgan fingerprint density at radius 2 is 2.05 bits per heavy atom. The van der Waals surface area contributed by atoms with E-state index in [2.05, 4.69) is 5.32 Å². The van der Waals surface area contributed by atoms with Crippen molar-refractivity contribution in [1.29, 1.82) is 0 Å². The van der Waals surface area contributed by atoms with Crippen molar-refractivity contribution in [2.75, 3.05) is 0 Å². The Bertz CT molecular complexity index is 674. The second-order valence-corrected chi connectivity index (χ2v) is 7.82. The summed E-state index contributed by atoms with van der Waals surface area (Å²) in [4.78, 5) is 11.3. The molecule has 2 rings (SSSR count). The molecule has 21 heavy (non-hydrogen) atoms. The predicted octanol–water partition coefficient (Wildman–Crippen LogP) is 2.81. The lowest BCUT2D eigenvalue weighted by molar-refractivity contribution is 0.0932. The molecule has 1 amide bonds. The minimum atomic E-state index is -4.25. The van der Waals surface area contributed by atoms with Crippen molar-refractivity contribution in [3.8, 4) is 0 Å². The molecule has 1 aromatic rings. The van der Waals surface area contributed by atoms with Crippen LogP contribution in [0.3, 0.4) is 0 Å². The van der Waals surface area contributed by atoms with Gasteiger partial charge in [0.25, 0.3) is 15.0 Å². The van der Waals surface area contributed by atoms with Gasteiger partial charge in [0.15, 0.2) is 11.6 Å². The first kappa shape index (κ1) is 16.2. The van der Waals surface area contributed by atoms with Crippen LogP contribution in [0, 0.1) is 17.6 Å². The van der Waals surface area contributed by atoms with E-state index in [0.717, 1.165) is 25.3 Å². The van der Waals surface area contributed by atoms with Crippen molar-refractivity contribution in [2.24, 2.45) is 5.92 Å². The van der Waals surface area contributed by atoms with Gasteiger partial charge in [0.1, 0.15) is 0 Å². The van der Waals surface area contributed by atoms with Crippen molar-refractivity contribution in [3.05, 3.63) is 29.3 Å². The highest BCUT2D eigenvalue weighted by atomic mass is 35.7. The van der Waals surface area contributed by atoms with Crippen LogP contribution >= 0.6 is 10.7 Å². The number of rotatable bonds is 5. The maximum atomic E-state index is 13.7. The van der Waals surface area contributed by atoms with E-state index in [1.807, 2.05) is 0 Å². The number of carbonyl (C=O) groups excluding carboxylic acids is 1. The Balaban J connectivity index is 2.24. The zero-order chi connectivity index (χ0) is 15.8. The van der Waals surface area contributed by atoms with Gasteiger partial charge in [-0.15, -0.1) is 0 Å². The minimum absolute atomic E-state index is 0.205. The van der Waals surface area contributed by atoms with Crippen molar-refractivity contribution in [2.45, 2.75) is 37.1 Å². The molecule has 1 aliphatic rings. The average molecular weight is 338 g/mol. The number of carbonyl (C=O) groups is 1. The molecular formula is C13H14ClF2NO3S. The smallest absolute Gasteiger partial charge is 0.261 e. The molecule has 116 valence electrons. The van der Waals surface area contributed by atoms with Crippen LogP contribution in [-0.2, 0) is 9.05 Å². The SMILES string of the molecule is CC(CC1CC1)NC(=O)c1cc(S(=O)(=O)Cl)cc(F)c1F. The quantitative estimate of drug-likeness (QED) is 0.840. The molecule has 0 saturated heterocycles. The standard InChI is InChI=1S/C13H14ClF2NO3S/c1-7(4-8-2-3-8)17-13(18)10-5-9(21(14,19)20)6-11(15)12(10)16/h5-8H,2-4H2,1H3,(H,17,18). The Morgan fingerprint density at radius 3 is 2.57 bits per heavy atom. The summed E-state index contributed by atoms with van der Waals surface area (Å²) >= 11 is 0. The van der Waals surface area contributed by atoms with Gasteiger partial charge in [0.2, 0.25) is 0 Å². The van der Waals surface area contributed by atoms with E-state index in [0.29, 0.717) is 12.0 Å². The van der Waals surface area contributed by atoms with E-state index in [1.165, 1.54) is 0 Å². The van der Waals surface area contributed by atoms with Gasteiger partial charge in [-0.2, -0.15) is 0 Å². The molecule has 1 fully saturated rings. The summed E-state index contributed by atoms with van der Waals surface area (Å²) < 4.78 is 49.5. The summed E-state index contributed by atoms with van der Waals surface area (Å²) in [6, 6.07) is 0.978. The van der Waals surface area contributed by atoms with Crippen LogP contribution in [0.1, 0.15) is 36.5 Å². The lowest BCUT2D eigenvalue weighted by Crippen LogP contribution is -2.33. The molecule has 8 heteroatoms. The van der Waals surface area contributed by atoms with Gasteiger partial charge in [-0.3, -0.25) is 4.79 Å². The first-order valence-corrected chi connectivity index (χ1v) is 8.74. The zero-order valence-corrected chi connectivity index (χ0v) is 12.8. The maximum absolute atomic E-state index is 13.7. The van der Waals surface area contributed by atoms with Crippen molar-refractivity contribution >= 4 is 25.6 Å². The molecule has 1 aromatic carbocycles. The highest BCUT2D eigenvalue weighted by Gasteiger charge is 2.26. The highest BCUT2D eigenvalue weighted by molar-refractivity contribution is 8.13. The highest BCUT2D eigenvalue weighted by Crippen LogP contribution is 2.33. The van der Waals surface area contributed by atoms with Crippen LogP contribution in [0.25, 0.3) is 0 Å². The van der Waals surface area contributed by atoms with E-state index in [-0.39, 0.29) is 6.04 Å². The topological polar surface area (TPSA) is 63.2 Å². The van der Waals surface area contributed by atoms with Crippen LogP contribution < -0.4 is 5.32 Å². The van der Waals surface area contributed by atoms with E-state index < -0.39 is 37.1 Å². The summed E-state index contributed by atoms with van der Waals surface area (Å²) in [6.07, 6.45) is 2.95. The Labute approximate surface area is 125 Å². The first-order chi connectivity index (χ1) is 9.68. The van der Waals surface area contributed by atoms with E-state index in [1.54, 1.807) is 6.92 Å². The molecule has 4 nitrogen and oxygen atoms in total. The van der Waals surface area contributed by atoms with Gasteiger partial charge in [-0.05, 0) is 31.4 Å². The molecule has 0 aliphatic heterocycles. The van der Waals surface area contributed by atoms with Gasteiger partial charge >= 0.3 is 0 Å². The molecular weight excluding hydrogens is 324 g/mol. The summed E-state index contributed by atoms with van der Waals surface area (Å²) in [5.41, 5.74) is -0.670. The third-order valence-corrected chi connectivity index (χ3v) is 4.62. The molecule has 1 aliphatic carbocycles. The predicted molar refractivity (Wildman–Crippen MR) is 73.7 cm³/mol. The van der Waals surface area contributed by atoms with Crippen LogP contribution in [0.4, 0.5) is 8.78 Å². The third-order valence-electron chi connectivity index (χ3n) is 3.29. The Morgan fingerprint density at radius 1 is 1.43 bits per heavy atom. The number of benzene rings is 1. The molecule has 1 atom stereocenters. The monoisotopic (exact) mass is 337 g/mol. The average Bonchev–Trinajstić information content (AvgIpc) is 3.14. The molecule has 1 unspecified atom stereocenters. The summed E-state index contributed by atoms with van der Waals surface area (Å²) in [6.45, 7) is 1.76. The second kappa shape index (κ2) is 5.88. The normalized spacial score (nSPS) is 16.6. The third kappa shape index (κ3) is 4.14. The van der Waals surface area contributed by atoms with Crippen LogP contribution in [0.2, 0.25) is 0 Å². The lowest BCUT2D eigenvalue weighted by atomic mass is 10.1. The fourth-order valence-electron chi connectivity index (χ4n) is 2.08. The van der Waals surface area contributed by atoms with Crippen molar-refractivity contribution in [3.63, 3.8) is 0 Å². The minimum Gasteiger partial charge on any atom is -0.349 e. The molecule has 1 N–H and O–H groups in total. The van der Waals surface area contributed by atoms with Gasteiger partial charge in [0.05, 0.1) is 10.5 Å². The largest absolute Gasteiger partial charge is 0.349 e. The van der Waals surface area contributed by atoms with Crippen LogP contribution in [0.5, 0.6) is 0 Å². The fraction of sp³-hybridized carbons (Fsp3) is 0.462. The number of hydrogen-bond acceptors (Lipinski definition) is 3. The molecule has 0 bridgehead atoms. The summed E-state index contributed by atoms with van der Waals surface area (Å²) in [5, 5.41) is 2.53. The zero-order valence-electron chi connectivity index (χ0n) is 11.2. The molecule has 0 spiro atoms. The second-order valence-electron chi connectivity index (χ2n) is 5.26. The van der Waals surface area contributed by atoms with E-state index in [4.69, 9.17) is 10.7 Å². The van der Waals surface area contributed by atoms with Gasteiger partial charge in [-0.1, -0.05) is 12.8 Å². The van der Waals surface area contributed by atoms with Crippen LogP contribution in [-0.4, -0.2) is 20.4 Å². The maximum Gasteiger partial charge on any atom is 0.261 e. The lowest BCUT2D eigenvalue weighted by Gasteiger charge is -2.14. The summed E-state index contributed by atoms with van der Waals surface area (Å²) in [7, 11) is 0.844. The van der Waals surface area contributed by atoms with E-state index >= 15 is 0 Å². The number of nitrogens with one attached hydrogen (secondary N) is 1. The van der Waals surface area contributed by atoms with Gasteiger partial charge in [0, 0.05) is 16.7 Å². The van der Waals surface area contributed by atoms with Gasteiger partial charge in [-0.25, -0.2) is 17.2 Å². The number of halogens is 3. The number of hydrogen-bond donors (Lipinski definition) is 1. The van der Waals surface area contributed by atoms with Crippen molar-refractivity contribution < 1.29 is 22.0 Å². The molecule has 0 radical (unpaired) electrons. The molecule has 0 heterocycles. The fourth-order valence-corrected chi connectivity index (χ4v) is 2.85. The van der Waals surface area contributed by atoms with Gasteiger partial charge < -0.3 is 5.32 Å². The number of amides is 1. The summed E-state index contributed by atoms with van der Waals surface area (Å²) in [5.74, 6) is -3.13. The first-order valence-electron chi connectivity index (χ1n) is 6.43.